The lowest BCUT2D eigenvalue weighted by Gasteiger charge is -2.09. The highest BCUT2D eigenvalue weighted by molar-refractivity contribution is 5.78. The van der Waals surface area contributed by atoms with Crippen molar-refractivity contribution in [2.45, 2.75) is 25.9 Å². The van der Waals surface area contributed by atoms with Crippen molar-refractivity contribution >= 4 is 5.91 Å². The van der Waals surface area contributed by atoms with Crippen LogP contribution in [0.5, 0.6) is 0 Å². The maximum atomic E-state index is 10.9. The van der Waals surface area contributed by atoms with Crippen molar-refractivity contribution in [3.05, 3.63) is 23.8 Å². The third-order valence-electron chi connectivity index (χ3n) is 2.38. The van der Waals surface area contributed by atoms with Gasteiger partial charge in [-0.15, -0.1) is 0 Å². The zero-order valence-corrected chi connectivity index (χ0v) is 8.66. The second-order valence-corrected chi connectivity index (χ2v) is 3.68. The van der Waals surface area contributed by atoms with Crippen LogP contribution in [-0.2, 0) is 11.3 Å². The fourth-order valence-corrected chi connectivity index (χ4v) is 1.60. The average molecular weight is 206 g/mol. The van der Waals surface area contributed by atoms with Crippen molar-refractivity contribution in [2.75, 3.05) is 6.54 Å². The number of hydrogen-bond acceptors (Lipinski definition) is 4. The quantitative estimate of drug-likeness (QED) is 0.716. The Bertz CT molecular complexity index is 366. The van der Waals surface area contributed by atoms with E-state index in [-0.39, 0.29) is 11.9 Å². The topological polar surface area (TPSA) is 66.9 Å². The Morgan fingerprint density at radius 3 is 3.20 bits per heavy atom. The SMILES string of the molecule is Cc1nccc(CNC2CNC(=O)C2)n1. The molecule has 0 radical (unpaired) electrons. The number of carbonyl (C=O) groups excluding carboxylic acids is 1. The van der Waals surface area contributed by atoms with E-state index in [9.17, 15) is 4.79 Å². The van der Waals surface area contributed by atoms with Crippen LogP contribution in [0.3, 0.4) is 0 Å². The molecule has 0 aliphatic carbocycles. The molecule has 0 spiro atoms. The van der Waals surface area contributed by atoms with E-state index in [1.807, 2.05) is 13.0 Å². The van der Waals surface area contributed by atoms with Gasteiger partial charge in [0.1, 0.15) is 5.82 Å². The molecule has 5 heteroatoms. The van der Waals surface area contributed by atoms with Gasteiger partial charge in [0, 0.05) is 31.7 Å². The fraction of sp³-hybridized carbons (Fsp3) is 0.500. The number of amides is 1. The predicted molar refractivity (Wildman–Crippen MR) is 55.0 cm³/mol. The molecule has 0 aromatic carbocycles. The molecule has 1 atom stereocenters. The highest BCUT2D eigenvalue weighted by atomic mass is 16.1. The molecule has 2 rings (SSSR count). The molecule has 1 aliphatic heterocycles. The van der Waals surface area contributed by atoms with Gasteiger partial charge in [0.15, 0.2) is 0 Å². The summed E-state index contributed by atoms with van der Waals surface area (Å²) in [5.74, 6) is 0.890. The zero-order valence-electron chi connectivity index (χ0n) is 8.66. The maximum absolute atomic E-state index is 10.9. The lowest BCUT2D eigenvalue weighted by atomic mass is 10.2. The number of nitrogens with one attached hydrogen (secondary N) is 2. The minimum Gasteiger partial charge on any atom is -0.354 e. The lowest BCUT2D eigenvalue weighted by Crippen LogP contribution is -2.30. The van der Waals surface area contributed by atoms with Crippen LogP contribution >= 0.6 is 0 Å². The van der Waals surface area contributed by atoms with Gasteiger partial charge in [-0.25, -0.2) is 9.97 Å². The molecule has 15 heavy (non-hydrogen) atoms. The molecule has 5 nitrogen and oxygen atoms in total. The van der Waals surface area contributed by atoms with Crippen LogP contribution in [-0.4, -0.2) is 28.5 Å². The van der Waals surface area contributed by atoms with Crippen molar-refractivity contribution in [3.8, 4) is 0 Å². The smallest absolute Gasteiger partial charge is 0.221 e. The van der Waals surface area contributed by atoms with Crippen LogP contribution in [0.1, 0.15) is 17.9 Å². The van der Waals surface area contributed by atoms with Gasteiger partial charge in [0.25, 0.3) is 0 Å². The van der Waals surface area contributed by atoms with Crippen LogP contribution in [0.25, 0.3) is 0 Å². The van der Waals surface area contributed by atoms with E-state index in [0.717, 1.165) is 11.5 Å². The van der Waals surface area contributed by atoms with Gasteiger partial charge < -0.3 is 10.6 Å². The van der Waals surface area contributed by atoms with Crippen molar-refractivity contribution in [1.82, 2.24) is 20.6 Å². The standard InChI is InChI=1S/C10H14N4O/c1-7-11-3-2-8(14-7)5-12-9-4-10(15)13-6-9/h2-3,9,12H,4-6H2,1H3,(H,13,15). The molecule has 1 amide bonds. The zero-order chi connectivity index (χ0) is 10.7. The maximum Gasteiger partial charge on any atom is 0.221 e. The van der Waals surface area contributed by atoms with Gasteiger partial charge in [-0.3, -0.25) is 4.79 Å². The summed E-state index contributed by atoms with van der Waals surface area (Å²) in [7, 11) is 0. The molecular formula is C10H14N4O. The minimum absolute atomic E-state index is 0.117. The Morgan fingerprint density at radius 2 is 2.53 bits per heavy atom. The summed E-state index contributed by atoms with van der Waals surface area (Å²) in [6.07, 6.45) is 2.31. The molecule has 1 aromatic heterocycles. The van der Waals surface area contributed by atoms with E-state index in [1.165, 1.54) is 0 Å². The van der Waals surface area contributed by atoms with Crippen molar-refractivity contribution in [2.24, 2.45) is 0 Å². The highest BCUT2D eigenvalue weighted by Gasteiger charge is 2.20. The molecule has 1 saturated heterocycles. The molecule has 0 bridgehead atoms. The van der Waals surface area contributed by atoms with E-state index >= 15 is 0 Å². The number of hydrogen-bond donors (Lipinski definition) is 2. The fourth-order valence-electron chi connectivity index (χ4n) is 1.60. The first kappa shape index (κ1) is 10.0. The third kappa shape index (κ3) is 2.73. The average Bonchev–Trinajstić information content (AvgIpc) is 2.62. The van der Waals surface area contributed by atoms with Crippen LogP contribution in [0.15, 0.2) is 12.3 Å². The van der Waals surface area contributed by atoms with E-state index in [2.05, 4.69) is 20.6 Å². The Kier molecular flexibility index (Phi) is 2.91. The lowest BCUT2D eigenvalue weighted by molar-refractivity contribution is -0.119. The van der Waals surface area contributed by atoms with E-state index < -0.39 is 0 Å². The minimum atomic E-state index is 0.117. The van der Waals surface area contributed by atoms with Crippen molar-refractivity contribution in [1.29, 1.82) is 0 Å². The molecule has 80 valence electrons. The number of aromatic nitrogens is 2. The second kappa shape index (κ2) is 4.35. The highest BCUT2D eigenvalue weighted by Crippen LogP contribution is 2.01. The Hall–Kier alpha value is -1.49. The summed E-state index contributed by atoms with van der Waals surface area (Å²) in [5, 5.41) is 6.06. The summed E-state index contributed by atoms with van der Waals surface area (Å²) in [6.45, 7) is 3.26. The van der Waals surface area contributed by atoms with Gasteiger partial charge in [-0.2, -0.15) is 0 Å². The molecule has 1 unspecified atom stereocenters. The van der Waals surface area contributed by atoms with Crippen molar-refractivity contribution in [3.63, 3.8) is 0 Å². The van der Waals surface area contributed by atoms with Gasteiger partial charge in [0.2, 0.25) is 5.91 Å². The first-order valence-electron chi connectivity index (χ1n) is 5.02. The summed E-state index contributed by atoms with van der Waals surface area (Å²) >= 11 is 0. The Morgan fingerprint density at radius 1 is 1.67 bits per heavy atom. The first-order chi connectivity index (χ1) is 7.24. The molecule has 0 saturated carbocycles. The number of rotatable bonds is 3. The van der Waals surface area contributed by atoms with Crippen LogP contribution in [0.4, 0.5) is 0 Å². The largest absolute Gasteiger partial charge is 0.354 e. The van der Waals surface area contributed by atoms with Gasteiger partial charge in [-0.1, -0.05) is 0 Å². The normalized spacial score (nSPS) is 20.3. The summed E-state index contributed by atoms with van der Waals surface area (Å²) in [5.41, 5.74) is 0.960. The Balaban J connectivity index is 1.85. The molecule has 1 aromatic rings. The first-order valence-corrected chi connectivity index (χ1v) is 5.02. The molecule has 2 heterocycles. The number of carbonyl (C=O) groups is 1. The number of nitrogens with zero attached hydrogens (tertiary/aromatic N) is 2. The van der Waals surface area contributed by atoms with Gasteiger partial charge in [-0.05, 0) is 13.0 Å². The Labute approximate surface area is 88.3 Å². The van der Waals surface area contributed by atoms with Crippen molar-refractivity contribution < 1.29 is 4.79 Å². The van der Waals surface area contributed by atoms with Crippen LogP contribution in [0, 0.1) is 6.92 Å². The summed E-state index contributed by atoms with van der Waals surface area (Å²) in [6, 6.07) is 2.11. The van der Waals surface area contributed by atoms with Gasteiger partial charge >= 0.3 is 0 Å². The molecule has 1 fully saturated rings. The van der Waals surface area contributed by atoms with E-state index in [1.54, 1.807) is 6.20 Å². The summed E-state index contributed by atoms with van der Waals surface area (Å²) < 4.78 is 0. The monoisotopic (exact) mass is 206 g/mol. The second-order valence-electron chi connectivity index (χ2n) is 3.68. The van der Waals surface area contributed by atoms with Crippen LogP contribution in [0.2, 0.25) is 0 Å². The van der Waals surface area contributed by atoms with Crippen LogP contribution < -0.4 is 10.6 Å². The van der Waals surface area contributed by atoms with Gasteiger partial charge in [0.05, 0.1) is 5.69 Å². The molecule has 1 aliphatic rings. The predicted octanol–water partition coefficient (Wildman–Crippen LogP) is -0.237. The molecular weight excluding hydrogens is 192 g/mol. The van der Waals surface area contributed by atoms with E-state index in [4.69, 9.17) is 0 Å². The molecule has 2 N–H and O–H groups in total. The number of aryl methyl sites for hydroxylation is 1. The third-order valence-corrected chi connectivity index (χ3v) is 2.38. The van der Waals surface area contributed by atoms with E-state index in [0.29, 0.717) is 19.5 Å². The summed E-state index contributed by atoms with van der Waals surface area (Å²) in [4.78, 5) is 19.2.